The second-order valence-corrected chi connectivity index (χ2v) is 12.6. The van der Waals surface area contributed by atoms with Gasteiger partial charge in [-0.2, -0.15) is 0 Å². The van der Waals surface area contributed by atoms with Crippen molar-refractivity contribution in [3.05, 3.63) is 0 Å². The van der Waals surface area contributed by atoms with Gasteiger partial charge in [-0.15, -0.1) is 0 Å². The third-order valence-electron chi connectivity index (χ3n) is 1.60. The number of carboxylic acid groups (broad SMARTS) is 2. The summed E-state index contributed by atoms with van der Waals surface area (Å²) in [7, 11) is -4.58. The molecule has 12 heteroatoms. The molecular weight excluding hydrogens is 402 g/mol. The van der Waals surface area contributed by atoms with Crippen molar-refractivity contribution in [1.29, 1.82) is 0 Å². The number of carbonyl (C=O) groups is 2. The predicted molar refractivity (Wildman–Crippen MR) is 62.9 cm³/mol. The van der Waals surface area contributed by atoms with Gasteiger partial charge < -0.3 is 0 Å². The van der Waals surface area contributed by atoms with Crippen LogP contribution in [0.3, 0.4) is 0 Å². The fraction of sp³-hybridized carbons (Fsp3) is 0.667. The molecule has 0 saturated carbocycles. The number of aliphatic carboxylic acids is 2. The monoisotopic (exact) mass is 416 g/mol. The molecule has 0 spiro atoms. The van der Waals surface area contributed by atoms with Crippen molar-refractivity contribution in [2.24, 2.45) is 11.5 Å². The maximum absolute atomic E-state index is 11.0. The van der Waals surface area contributed by atoms with Crippen LogP contribution in [0.2, 0.25) is 5.32 Å². The Labute approximate surface area is 114 Å². The van der Waals surface area contributed by atoms with Gasteiger partial charge in [-0.05, 0) is 0 Å². The third kappa shape index (κ3) is 6.12. The minimum absolute atomic E-state index is 0.0424. The van der Waals surface area contributed by atoms with Crippen molar-refractivity contribution >= 4 is 48.3 Å². The molecule has 9 nitrogen and oxygen atoms in total. The molecule has 0 heterocycles. The summed E-state index contributed by atoms with van der Waals surface area (Å²) < 4.78 is 29.2. The van der Waals surface area contributed by atoms with Gasteiger partial charge in [-0.1, -0.05) is 0 Å². The standard InChI is InChI=1S/C6H12N2O7SSe2/c7-2(4(9)10)1-17-18-6(16(13,14)15)3(8)5(11)12/h2-3,6H,1,7-8H2,(H,9,10)(H,11,12)(H,13,14,15)/t2-,3+,6?/m0/s1. The minimum atomic E-state index is -4.58. The van der Waals surface area contributed by atoms with Gasteiger partial charge in [0.05, 0.1) is 0 Å². The van der Waals surface area contributed by atoms with Gasteiger partial charge in [0.1, 0.15) is 0 Å². The van der Waals surface area contributed by atoms with Crippen LogP contribution < -0.4 is 11.5 Å². The summed E-state index contributed by atoms with van der Waals surface area (Å²) in [6.45, 7) is 0. The Balaban J connectivity index is 4.55. The topological polar surface area (TPSA) is 181 Å². The van der Waals surface area contributed by atoms with E-state index in [9.17, 15) is 18.0 Å². The van der Waals surface area contributed by atoms with Gasteiger partial charge >= 0.3 is 114 Å². The zero-order chi connectivity index (χ0) is 14.5. The van der Waals surface area contributed by atoms with E-state index in [1.807, 2.05) is 0 Å². The third-order valence-corrected chi connectivity index (χ3v) is 13.5. The molecule has 3 atom stereocenters. The fourth-order valence-corrected chi connectivity index (χ4v) is 13.4. The number of rotatable bonds is 8. The van der Waals surface area contributed by atoms with Crippen LogP contribution in [0.5, 0.6) is 0 Å². The van der Waals surface area contributed by atoms with Crippen LogP contribution in [0.1, 0.15) is 0 Å². The summed E-state index contributed by atoms with van der Waals surface area (Å²) in [4.78, 5) is 21.0. The van der Waals surface area contributed by atoms with Gasteiger partial charge in [0.15, 0.2) is 0 Å². The van der Waals surface area contributed by atoms with Crippen molar-refractivity contribution in [2.45, 2.75) is 21.6 Å². The number of hydrogen-bond donors (Lipinski definition) is 5. The summed E-state index contributed by atoms with van der Waals surface area (Å²) in [5.41, 5.74) is 10.4. The van der Waals surface area contributed by atoms with E-state index in [1.165, 1.54) is 0 Å². The molecule has 0 aliphatic carbocycles. The van der Waals surface area contributed by atoms with Gasteiger partial charge in [0.25, 0.3) is 0 Å². The summed E-state index contributed by atoms with van der Waals surface area (Å²) in [5.74, 6) is -2.77. The first-order valence-corrected chi connectivity index (χ1v) is 12.3. The molecule has 18 heavy (non-hydrogen) atoms. The zero-order valence-corrected chi connectivity index (χ0v) is 13.0. The number of carboxylic acids is 2. The van der Waals surface area contributed by atoms with Crippen LogP contribution in [0.15, 0.2) is 0 Å². The zero-order valence-electron chi connectivity index (χ0n) is 8.79. The average Bonchev–Trinajstić information content (AvgIpc) is 2.20. The van der Waals surface area contributed by atoms with E-state index < -0.39 is 64.6 Å². The normalized spacial score (nSPS) is 16.8. The molecule has 0 fully saturated rings. The molecule has 1 unspecified atom stereocenters. The van der Waals surface area contributed by atoms with Crippen molar-refractivity contribution < 1.29 is 32.8 Å². The van der Waals surface area contributed by atoms with Crippen LogP contribution >= 0.6 is 0 Å². The van der Waals surface area contributed by atoms with Crippen molar-refractivity contribution in [2.75, 3.05) is 0 Å². The van der Waals surface area contributed by atoms with Gasteiger partial charge in [-0.3, -0.25) is 0 Å². The average molecular weight is 414 g/mol. The molecule has 0 aromatic carbocycles. The van der Waals surface area contributed by atoms with Crippen LogP contribution in [0.4, 0.5) is 0 Å². The van der Waals surface area contributed by atoms with Crippen LogP contribution in [-0.4, -0.2) is 77.6 Å². The Hall–Kier alpha value is -0.191. The molecule has 0 aliphatic heterocycles. The molecule has 0 rings (SSSR count). The summed E-state index contributed by atoms with van der Waals surface area (Å²) in [6, 6.07) is -2.86. The first-order chi connectivity index (χ1) is 8.07. The molecule has 0 aromatic heterocycles. The van der Waals surface area contributed by atoms with E-state index in [-0.39, 0.29) is 5.32 Å². The Morgan fingerprint density at radius 3 is 2.00 bits per heavy atom. The Kier molecular flexibility index (Phi) is 7.33. The van der Waals surface area contributed by atoms with Crippen LogP contribution in [0.25, 0.3) is 0 Å². The molecule has 0 radical (unpaired) electrons. The summed E-state index contributed by atoms with van der Waals surface area (Å²) in [5, 5.41) is 17.2. The SMILES string of the molecule is N[C@H](C(=O)O)C([Se][Se]C[C@H](N)C(=O)O)S(=O)(=O)O. The molecule has 0 aromatic rings. The molecular formula is C6H12N2O7SSe2. The van der Waals surface area contributed by atoms with Crippen molar-refractivity contribution in [1.82, 2.24) is 0 Å². The van der Waals surface area contributed by atoms with E-state index in [0.717, 1.165) is 0 Å². The quantitative estimate of drug-likeness (QED) is 0.201. The molecule has 7 N–H and O–H groups in total. The fourth-order valence-electron chi connectivity index (χ4n) is 0.662. The van der Waals surface area contributed by atoms with E-state index >= 15 is 0 Å². The van der Waals surface area contributed by atoms with E-state index in [4.69, 9.17) is 26.2 Å². The maximum atomic E-state index is 11.0. The van der Waals surface area contributed by atoms with E-state index in [0.29, 0.717) is 0 Å². The van der Waals surface area contributed by atoms with Crippen LogP contribution in [0, 0.1) is 0 Å². The Bertz CT molecular complexity index is 414. The molecule has 106 valence electrons. The number of nitrogens with two attached hydrogens (primary N) is 2. The van der Waals surface area contributed by atoms with E-state index in [1.54, 1.807) is 0 Å². The van der Waals surface area contributed by atoms with Gasteiger partial charge in [-0.25, -0.2) is 0 Å². The molecule has 0 amide bonds. The summed E-state index contributed by atoms with van der Waals surface area (Å²) >= 11 is -1.33. The molecule has 0 saturated heterocycles. The molecule has 0 bridgehead atoms. The predicted octanol–water partition coefficient (Wildman–Crippen LogP) is -3.23. The first kappa shape index (κ1) is 17.8. The van der Waals surface area contributed by atoms with E-state index in [2.05, 4.69) is 0 Å². The molecule has 0 aliphatic rings. The summed E-state index contributed by atoms with van der Waals surface area (Å²) in [6.07, 6.45) is 0. The first-order valence-electron chi connectivity index (χ1n) is 4.28. The van der Waals surface area contributed by atoms with Crippen LogP contribution in [-0.2, 0) is 19.7 Å². The Morgan fingerprint density at radius 1 is 1.17 bits per heavy atom. The van der Waals surface area contributed by atoms with Crippen molar-refractivity contribution in [3.63, 3.8) is 0 Å². The second kappa shape index (κ2) is 7.41. The number of hydrogen-bond acceptors (Lipinski definition) is 6. The second-order valence-electron chi connectivity index (χ2n) is 3.07. The van der Waals surface area contributed by atoms with Crippen molar-refractivity contribution in [3.8, 4) is 0 Å². The Morgan fingerprint density at radius 2 is 1.67 bits per heavy atom. The van der Waals surface area contributed by atoms with Gasteiger partial charge in [0, 0.05) is 0 Å². The van der Waals surface area contributed by atoms with Gasteiger partial charge in [0.2, 0.25) is 0 Å².